The van der Waals surface area contributed by atoms with E-state index in [1.807, 2.05) is 27.7 Å². The zero-order chi connectivity index (χ0) is 10.1. The van der Waals surface area contributed by atoms with Gasteiger partial charge in [0.1, 0.15) is 6.61 Å². The Morgan fingerprint density at radius 2 is 1.83 bits per heavy atom. The summed E-state index contributed by atoms with van der Waals surface area (Å²) < 4.78 is 5.02. The van der Waals surface area contributed by atoms with Gasteiger partial charge in [-0.2, -0.15) is 0 Å². The highest BCUT2D eigenvalue weighted by Crippen LogP contribution is 2.02. The molecule has 0 aromatic carbocycles. The average Bonchev–Trinajstić information content (AvgIpc) is 2.03. The fourth-order valence-electron chi connectivity index (χ4n) is 0.420. The van der Waals surface area contributed by atoms with Crippen LogP contribution in [0.4, 0.5) is 0 Å². The SMILES string of the molecule is C=C(C)OCC(O)C(C)C.CC. The maximum atomic E-state index is 9.21. The molecule has 0 rings (SSSR count). The van der Waals surface area contributed by atoms with E-state index in [0.29, 0.717) is 12.4 Å². The van der Waals surface area contributed by atoms with E-state index in [-0.39, 0.29) is 12.0 Å². The third-order valence-corrected chi connectivity index (χ3v) is 1.27. The van der Waals surface area contributed by atoms with E-state index in [0.717, 1.165) is 0 Å². The minimum absolute atomic E-state index is 0.249. The molecule has 0 fully saturated rings. The van der Waals surface area contributed by atoms with Crippen molar-refractivity contribution in [2.75, 3.05) is 6.61 Å². The standard InChI is InChI=1S/C8H16O2.C2H6/c1-6(2)8(9)5-10-7(3)4;1-2/h6,8-9H,3,5H2,1-2,4H3;1-2H3. The topological polar surface area (TPSA) is 29.5 Å². The van der Waals surface area contributed by atoms with Gasteiger partial charge in [0.2, 0.25) is 0 Å². The summed E-state index contributed by atoms with van der Waals surface area (Å²) in [6.07, 6.45) is -0.378. The van der Waals surface area contributed by atoms with Crippen molar-refractivity contribution in [2.45, 2.75) is 40.7 Å². The number of rotatable bonds is 4. The molecule has 1 N–H and O–H groups in total. The van der Waals surface area contributed by atoms with Crippen LogP contribution in [0.15, 0.2) is 12.3 Å². The lowest BCUT2D eigenvalue weighted by atomic mass is 10.1. The predicted molar refractivity (Wildman–Crippen MR) is 53.0 cm³/mol. The Labute approximate surface area is 76.2 Å². The van der Waals surface area contributed by atoms with Crippen molar-refractivity contribution >= 4 is 0 Å². The van der Waals surface area contributed by atoms with Crippen LogP contribution in [0.2, 0.25) is 0 Å². The second-order valence-corrected chi connectivity index (χ2v) is 2.82. The third-order valence-electron chi connectivity index (χ3n) is 1.27. The van der Waals surface area contributed by atoms with Crippen molar-refractivity contribution in [3.63, 3.8) is 0 Å². The van der Waals surface area contributed by atoms with E-state index in [1.165, 1.54) is 0 Å². The number of aliphatic hydroxyl groups excluding tert-OH is 1. The van der Waals surface area contributed by atoms with Gasteiger partial charge in [-0.3, -0.25) is 0 Å². The normalized spacial score (nSPS) is 11.6. The molecular formula is C10H22O2. The molecule has 0 aromatic rings. The molecule has 1 atom stereocenters. The van der Waals surface area contributed by atoms with Gasteiger partial charge in [0.05, 0.1) is 11.9 Å². The molecule has 0 aromatic heterocycles. The molecule has 0 aliphatic heterocycles. The molecule has 0 spiro atoms. The van der Waals surface area contributed by atoms with Crippen LogP contribution in [0.25, 0.3) is 0 Å². The summed E-state index contributed by atoms with van der Waals surface area (Å²) >= 11 is 0. The number of hydrogen-bond donors (Lipinski definition) is 1. The number of aliphatic hydroxyl groups is 1. The van der Waals surface area contributed by atoms with Gasteiger partial charge in [-0.25, -0.2) is 0 Å². The number of ether oxygens (including phenoxy) is 1. The van der Waals surface area contributed by atoms with E-state index in [9.17, 15) is 5.11 Å². The molecule has 74 valence electrons. The Morgan fingerprint density at radius 1 is 1.42 bits per heavy atom. The van der Waals surface area contributed by atoms with Crippen LogP contribution in [-0.2, 0) is 4.74 Å². The monoisotopic (exact) mass is 174 g/mol. The first-order chi connectivity index (χ1) is 5.54. The van der Waals surface area contributed by atoms with Crippen LogP contribution in [0.1, 0.15) is 34.6 Å². The summed E-state index contributed by atoms with van der Waals surface area (Å²) in [4.78, 5) is 0. The number of allylic oxidation sites excluding steroid dienone is 1. The molecule has 0 saturated carbocycles. The fourth-order valence-corrected chi connectivity index (χ4v) is 0.420. The average molecular weight is 174 g/mol. The molecule has 0 amide bonds. The van der Waals surface area contributed by atoms with Crippen molar-refractivity contribution < 1.29 is 9.84 Å². The van der Waals surface area contributed by atoms with E-state index < -0.39 is 0 Å². The highest BCUT2D eigenvalue weighted by atomic mass is 16.5. The van der Waals surface area contributed by atoms with E-state index in [2.05, 4.69) is 6.58 Å². The first-order valence-corrected chi connectivity index (χ1v) is 4.50. The zero-order valence-electron chi connectivity index (χ0n) is 8.92. The van der Waals surface area contributed by atoms with Crippen LogP contribution in [0, 0.1) is 5.92 Å². The van der Waals surface area contributed by atoms with Gasteiger partial charge >= 0.3 is 0 Å². The van der Waals surface area contributed by atoms with Gasteiger partial charge in [0.15, 0.2) is 0 Å². The molecule has 0 saturated heterocycles. The summed E-state index contributed by atoms with van der Waals surface area (Å²) in [5.74, 6) is 0.902. The van der Waals surface area contributed by atoms with Gasteiger partial charge in [-0.15, -0.1) is 0 Å². The van der Waals surface area contributed by atoms with Crippen molar-refractivity contribution in [1.29, 1.82) is 0 Å². The smallest absolute Gasteiger partial charge is 0.114 e. The maximum Gasteiger partial charge on any atom is 0.114 e. The highest BCUT2D eigenvalue weighted by molar-refractivity contribution is 4.74. The summed E-state index contributed by atoms with van der Waals surface area (Å²) in [6.45, 7) is 13.6. The van der Waals surface area contributed by atoms with E-state index >= 15 is 0 Å². The minimum Gasteiger partial charge on any atom is -0.496 e. The summed E-state index contributed by atoms with van der Waals surface area (Å²) in [6, 6.07) is 0. The molecule has 0 bridgehead atoms. The Kier molecular flexibility index (Phi) is 10.1. The molecule has 0 heterocycles. The number of hydrogen-bond acceptors (Lipinski definition) is 2. The molecule has 0 aliphatic rings. The minimum atomic E-state index is -0.378. The van der Waals surface area contributed by atoms with Crippen LogP contribution < -0.4 is 0 Å². The second-order valence-electron chi connectivity index (χ2n) is 2.82. The summed E-state index contributed by atoms with van der Waals surface area (Å²) in [5.41, 5.74) is 0. The molecule has 2 heteroatoms. The van der Waals surface area contributed by atoms with Crippen LogP contribution in [0.5, 0.6) is 0 Å². The van der Waals surface area contributed by atoms with Crippen molar-refractivity contribution in [3.8, 4) is 0 Å². The van der Waals surface area contributed by atoms with Crippen molar-refractivity contribution in [2.24, 2.45) is 5.92 Å². The highest BCUT2D eigenvalue weighted by Gasteiger charge is 2.08. The quantitative estimate of drug-likeness (QED) is 0.664. The predicted octanol–water partition coefficient (Wildman–Crippen LogP) is 2.58. The van der Waals surface area contributed by atoms with Gasteiger partial charge in [0, 0.05) is 0 Å². The zero-order valence-corrected chi connectivity index (χ0v) is 8.92. The lowest BCUT2D eigenvalue weighted by molar-refractivity contribution is 0.0422. The van der Waals surface area contributed by atoms with Gasteiger partial charge in [-0.1, -0.05) is 34.3 Å². The largest absolute Gasteiger partial charge is 0.496 e. The molecule has 1 unspecified atom stereocenters. The molecule has 12 heavy (non-hydrogen) atoms. The Morgan fingerprint density at radius 3 is 2.08 bits per heavy atom. The van der Waals surface area contributed by atoms with Crippen molar-refractivity contribution in [1.82, 2.24) is 0 Å². The summed E-state index contributed by atoms with van der Waals surface area (Å²) in [7, 11) is 0. The third kappa shape index (κ3) is 9.50. The molecule has 0 aliphatic carbocycles. The Balaban J connectivity index is 0. The lowest BCUT2D eigenvalue weighted by Gasteiger charge is -2.14. The van der Waals surface area contributed by atoms with E-state index in [4.69, 9.17) is 4.74 Å². The molecule has 2 nitrogen and oxygen atoms in total. The first-order valence-electron chi connectivity index (χ1n) is 4.50. The van der Waals surface area contributed by atoms with Gasteiger partial charge in [-0.05, 0) is 12.8 Å². The van der Waals surface area contributed by atoms with Crippen LogP contribution in [0.3, 0.4) is 0 Å². The maximum absolute atomic E-state index is 9.21. The van der Waals surface area contributed by atoms with Crippen LogP contribution >= 0.6 is 0 Å². The van der Waals surface area contributed by atoms with Crippen LogP contribution in [-0.4, -0.2) is 17.8 Å². The van der Waals surface area contributed by atoms with Crippen molar-refractivity contribution in [3.05, 3.63) is 12.3 Å². The fraction of sp³-hybridized carbons (Fsp3) is 0.800. The second kappa shape index (κ2) is 8.60. The summed E-state index contributed by atoms with van der Waals surface area (Å²) in [5, 5.41) is 9.21. The first kappa shape index (κ1) is 14.0. The molecular weight excluding hydrogens is 152 g/mol. The lowest BCUT2D eigenvalue weighted by Crippen LogP contribution is -2.20. The Bertz CT molecular complexity index is 108. The van der Waals surface area contributed by atoms with Gasteiger partial charge < -0.3 is 9.84 Å². The van der Waals surface area contributed by atoms with Gasteiger partial charge in [0.25, 0.3) is 0 Å². The molecule has 0 radical (unpaired) electrons. The van der Waals surface area contributed by atoms with E-state index in [1.54, 1.807) is 6.92 Å². The Hall–Kier alpha value is -0.500.